The maximum atomic E-state index is 14.4. The molecule has 1 aliphatic carbocycles. The number of rotatable bonds is 4. The SMILES string of the molecule is CCN(C(=O)O)S(=O)(=O)N1CC=C(C2=C3NN=C4C=Cc5cc(F)cc(c54)C3=CN(C)C2)CC1. The molecule has 178 valence electrons. The fourth-order valence-electron chi connectivity index (χ4n) is 4.81. The second kappa shape index (κ2) is 8.10. The molecule has 3 aliphatic heterocycles. The molecule has 0 saturated heterocycles. The van der Waals surface area contributed by atoms with Crippen LogP contribution in [-0.2, 0) is 10.2 Å². The minimum absolute atomic E-state index is 0.0631. The van der Waals surface area contributed by atoms with Crippen molar-refractivity contribution in [2.24, 2.45) is 5.10 Å². The molecule has 11 heteroatoms. The Morgan fingerprint density at radius 3 is 2.79 bits per heavy atom. The third-order valence-corrected chi connectivity index (χ3v) is 8.34. The van der Waals surface area contributed by atoms with Crippen molar-refractivity contribution in [1.29, 1.82) is 0 Å². The Hall–Kier alpha value is -3.44. The van der Waals surface area contributed by atoms with Crippen molar-refractivity contribution in [3.63, 3.8) is 0 Å². The van der Waals surface area contributed by atoms with Gasteiger partial charge < -0.3 is 10.0 Å². The molecular formula is C23H24FN5O4S. The summed E-state index contributed by atoms with van der Waals surface area (Å²) in [6.45, 7) is 2.11. The molecule has 0 saturated carbocycles. The number of amides is 1. The molecule has 0 unspecified atom stereocenters. The number of fused-ring (bicyclic) bond motifs is 2. The zero-order chi connectivity index (χ0) is 24.2. The van der Waals surface area contributed by atoms with E-state index in [4.69, 9.17) is 0 Å². The predicted molar refractivity (Wildman–Crippen MR) is 126 cm³/mol. The zero-order valence-electron chi connectivity index (χ0n) is 18.7. The molecule has 5 rings (SSSR count). The summed E-state index contributed by atoms with van der Waals surface area (Å²) >= 11 is 0. The number of carbonyl (C=O) groups is 1. The van der Waals surface area contributed by atoms with Gasteiger partial charge in [-0.3, -0.25) is 5.43 Å². The maximum absolute atomic E-state index is 14.4. The second-order valence-corrected chi connectivity index (χ2v) is 10.3. The molecule has 3 heterocycles. The highest BCUT2D eigenvalue weighted by Crippen LogP contribution is 2.39. The van der Waals surface area contributed by atoms with E-state index in [1.807, 2.05) is 36.4 Å². The standard InChI is InChI=1S/C23H24FN5O4S/c1-3-29(23(30)31)34(32,33)28-8-6-14(7-9-28)18-12-27(2)13-19-17-11-16(24)10-15-4-5-20(21(15)17)25-26-22(18)19/h4-6,10-11,13,26H,3,7-9,12H2,1-2H3,(H,30,31). The van der Waals surface area contributed by atoms with E-state index in [2.05, 4.69) is 10.5 Å². The normalized spacial score (nSPS) is 19.5. The summed E-state index contributed by atoms with van der Waals surface area (Å²) in [6, 6.07) is 3.02. The van der Waals surface area contributed by atoms with Crippen molar-refractivity contribution < 1.29 is 22.7 Å². The molecule has 0 fully saturated rings. The molecule has 1 aromatic carbocycles. The van der Waals surface area contributed by atoms with Crippen molar-refractivity contribution in [2.45, 2.75) is 13.3 Å². The van der Waals surface area contributed by atoms with E-state index in [0.29, 0.717) is 17.3 Å². The topological polar surface area (TPSA) is 106 Å². The van der Waals surface area contributed by atoms with Crippen molar-refractivity contribution >= 4 is 33.7 Å². The number of allylic oxidation sites excluding steroid dienone is 2. The largest absolute Gasteiger partial charge is 0.464 e. The summed E-state index contributed by atoms with van der Waals surface area (Å²) in [5.41, 5.74) is 9.82. The number of nitrogens with one attached hydrogen (secondary N) is 1. The number of hydrogen-bond donors (Lipinski definition) is 2. The first kappa shape index (κ1) is 22.4. The fourth-order valence-corrected chi connectivity index (χ4v) is 6.19. The molecule has 0 atom stereocenters. The molecule has 1 amide bonds. The van der Waals surface area contributed by atoms with Gasteiger partial charge in [0.15, 0.2) is 0 Å². The van der Waals surface area contributed by atoms with Crippen LogP contribution in [0.4, 0.5) is 9.18 Å². The predicted octanol–water partition coefficient (Wildman–Crippen LogP) is 2.58. The van der Waals surface area contributed by atoms with Gasteiger partial charge in [0.1, 0.15) is 5.82 Å². The Morgan fingerprint density at radius 1 is 1.32 bits per heavy atom. The van der Waals surface area contributed by atoms with Crippen LogP contribution in [0.15, 0.2) is 52.4 Å². The molecule has 0 spiro atoms. The Labute approximate surface area is 197 Å². The van der Waals surface area contributed by atoms with Gasteiger partial charge in [-0.25, -0.2) is 9.18 Å². The van der Waals surface area contributed by atoms with Crippen LogP contribution in [0.25, 0.3) is 11.6 Å². The smallest absolute Gasteiger partial charge is 0.422 e. The molecule has 0 bridgehead atoms. The summed E-state index contributed by atoms with van der Waals surface area (Å²) in [5.74, 6) is -0.326. The van der Waals surface area contributed by atoms with Crippen molar-refractivity contribution in [3.05, 3.63) is 69.8 Å². The first-order valence-electron chi connectivity index (χ1n) is 10.9. The van der Waals surface area contributed by atoms with Crippen LogP contribution in [0.2, 0.25) is 0 Å². The number of hydrazone groups is 1. The summed E-state index contributed by atoms with van der Waals surface area (Å²) in [4.78, 5) is 13.4. The lowest BCUT2D eigenvalue weighted by Crippen LogP contribution is -2.47. The number of nitrogens with zero attached hydrogens (tertiary/aromatic N) is 4. The zero-order valence-corrected chi connectivity index (χ0v) is 19.6. The van der Waals surface area contributed by atoms with E-state index in [-0.39, 0.29) is 25.5 Å². The van der Waals surface area contributed by atoms with Crippen LogP contribution in [-0.4, -0.2) is 72.1 Å². The van der Waals surface area contributed by atoms with Gasteiger partial charge in [-0.15, -0.1) is 0 Å². The Bertz CT molecular complexity index is 1360. The van der Waals surface area contributed by atoms with Gasteiger partial charge in [0, 0.05) is 56.1 Å². The van der Waals surface area contributed by atoms with Gasteiger partial charge in [-0.05, 0) is 48.3 Å². The van der Waals surface area contributed by atoms with Gasteiger partial charge in [0.2, 0.25) is 0 Å². The number of hydrogen-bond acceptors (Lipinski definition) is 6. The van der Waals surface area contributed by atoms with Gasteiger partial charge >= 0.3 is 16.3 Å². The summed E-state index contributed by atoms with van der Waals surface area (Å²) in [5, 5.41) is 13.8. The van der Waals surface area contributed by atoms with E-state index in [0.717, 1.165) is 44.8 Å². The summed E-state index contributed by atoms with van der Waals surface area (Å²) in [7, 11) is -2.19. The van der Waals surface area contributed by atoms with Crippen molar-refractivity contribution in [1.82, 2.24) is 18.9 Å². The second-order valence-electron chi connectivity index (χ2n) is 8.46. The summed E-state index contributed by atoms with van der Waals surface area (Å²) in [6.07, 6.45) is 6.40. The number of halogens is 1. The van der Waals surface area contributed by atoms with E-state index in [1.54, 1.807) is 0 Å². The molecule has 2 N–H and O–H groups in total. The number of benzene rings is 1. The first-order chi connectivity index (χ1) is 16.2. The van der Waals surface area contributed by atoms with E-state index >= 15 is 0 Å². The number of likely N-dealkylation sites (N-methyl/N-ethyl adjacent to an activating group) is 1. The number of carboxylic acid groups (broad SMARTS) is 1. The average Bonchev–Trinajstić information content (AvgIpc) is 3.12. The van der Waals surface area contributed by atoms with E-state index < -0.39 is 16.3 Å². The monoisotopic (exact) mass is 485 g/mol. The third-order valence-electron chi connectivity index (χ3n) is 6.38. The van der Waals surface area contributed by atoms with Crippen LogP contribution >= 0.6 is 0 Å². The molecule has 4 aliphatic rings. The Morgan fingerprint density at radius 2 is 2.12 bits per heavy atom. The Kier molecular flexibility index (Phi) is 5.33. The lowest BCUT2D eigenvalue weighted by Gasteiger charge is -2.33. The van der Waals surface area contributed by atoms with Gasteiger partial charge in [0.05, 0.1) is 11.4 Å². The van der Waals surface area contributed by atoms with E-state index in [1.165, 1.54) is 23.4 Å². The minimum Gasteiger partial charge on any atom is -0.464 e. The van der Waals surface area contributed by atoms with Crippen LogP contribution in [0.5, 0.6) is 0 Å². The van der Waals surface area contributed by atoms with Gasteiger partial charge in [0.25, 0.3) is 0 Å². The molecule has 9 nitrogen and oxygen atoms in total. The fraction of sp³-hybridized carbons (Fsp3) is 0.304. The molecule has 0 aromatic heterocycles. The quantitative estimate of drug-likeness (QED) is 0.679. The molecule has 0 radical (unpaired) electrons. The minimum atomic E-state index is -4.12. The summed E-state index contributed by atoms with van der Waals surface area (Å²) < 4.78 is 41.5. The highest BCUT2D eigenvalue weighted by Gasteiger charge is 2.35. The lowest BCUT2D eigenvalue weighted by molar-refractivity contribution is 0.171. The average molecular weight is 486 g/mol. The molecule has 1 aromatic rings. The Balaban J connectivity index is 1.53. The highest BCUT2D eigenvalue weighted by molar-refractivity contribution is 7.87. The van der Waals surface area contributed by atoms with E-state index in [9.17, 15) is 22.7 Å². The van der Waals surface area contributed by atoms with Crippen LogP contribution < -0.4 is 5.43 Å². The molecule has 34 heavy (non-hydrogen) atoms. The van der Waals surface area contributed by atoms with Crippen LogP contribution in [0.3, 0.4) is 0 Å². The maximum Gasteiger partial charge on any atom is 0.422 e. The third kappa shape index (κ3) is 3.51. The highest BCUT2D eigenvalue weighted by atomic mass is 32.2. The lowest BCUT2D eigenvalue weighted by atomic mass is 9.88. The first-order valence-corrected chi connectivity index (χ1v) is 12.3. The van der Waals surface area contributed by atoms with Crippen molar-refractivity contribution in [3.8, 4) is 0 Å². The van der Waals surface area contributed by atoms with Crippen LogP contribution in [0.1, 0.15) is 30.0 Å². The molecular weight excluding hydrogens is 461 g/mol. The van der Waals surface area contributed by atoms with Gasteiger partial charge in [-0.2, -0.15) is 22.1 Å². The van der Waals surface area contributed by atoms with Crippen LogP contribution in [0, 0.1) is 5.82 Å². The van der Waals surface area contributed by atoms with Crippen molar-refractivity contribution in [2.75, 3.05) is 33.2 Å². The van der Waals surface area contributed by atoms with Gasteiger partial charge in [-0.1, -0.05) is 12.2 Å².